The first-order valence-electron chi connectivity index (χ1n) is 7.50. The van der Waals surface area contributed by atoms with E-state index in [0.717, 1.165) is 5.69 Å². The van der Waals surface area contributed by atoms with Gasteiger partial charge in [0.2, 0.25) is 5.88 Å². The second-order valence-corrected chi connectivity index (χ2v) is 5.41. The topological polar surface area (TPSA) is 77.7 Å². The van der Waals surface area contributed by atoms with Crippen molar-refractivity contribution in [1.29, 1.82) is 0 Å². The third kappa shape index (κ3) is 5.09. The number of halogens is 1. The monoisotopic (exact) mass is 362 g/mol. The molecule has 8 heteroatoms. The first-order valence-corrected chi connectivity index (χ1v) is 7.87. The van der Waals surface area contributed by atoms with Crippen LogP contribution >= 0.6 is 11.6 Å². The zero-order valence-electron chi connectivity index (χ0n) is 14.2. The van der Waals surface area contributed by atoms with Gasteiger partial charge in [0.15, 0.2) is 5.71 Å². The molecule has 0 saturated carbocycles. The fraction of sp³-hybridized carbons (Fsp3) is 0.235. The minimum atomic E-state index is -0.331. The number of hydrogen-bond acceptors (Lipinski definition) is 5. The molecule has 0 saturated heterocycles. The Balaban J connectivity index is 2.00. The maximum Gasteiger partial charge on any atom is 0.273 e. The SMILES string of the molecule is CNC(=O)C(=NOC)C(C)=CCOc1ccn(-c2ccc(Cl)cc2)n1. The fourth-order valence-electron chi connectivity index (χ4n) is 1.97. The number of hydrogen-bond donors (Lipinski definition) is 1. The molecule has 0 atom stereocenters. The van der Waals surface area contributed by atoms with E-state index in [4.69, 9.17) is 21.2 Å². The normalized spacial score (nSPS) is 12.0. The lowest BCUT2D eigenvalue weighted by atomic mass is 10.1. The number of nitrogens with one attached hydrogen (secondary N) is 1. The summed E-state index contributed by atoms with van der Waals surface area (Å²) in [4.78, 5) is 16.4. The van der Waals surface area contributed by atoms with Crippen molar-refractivity contribution >= 4 is 23.2 Å². The lowest BCUT2D eigenvalue weighted by Crippen LogP contribution is -2.28. The zero-order valence-corrected chi connectivity index (χ0v) is 14.9. The molecule has 0 spiro atoms. The van der Waals surface area contributed by atoms with Crippen LogP contribution in [0.5, 0.6) is 5.88 Å². The summed E-state index contributed by atoms with van der Waals surface area (Å²) < 4.78 is 7.27. The van der Waals surface area contributed by atoms with Crippen molar-refractivity contribution in [3.63, 3.8) is 0 Å². The van der Waals surface area contributed by atoms with Crippen LogP contribution in [0.1, 0.15) is 6.92 Å². The number of rotatable bonds is 7. The Morgan fingerprint density at radius 3 is 2.72 bits per heavy atom. The average Bonchev–Trinajstić information content (AvgIpc) is 3.08. The molecular formula is C17H19ClN4O3. The predicted molar refractivity (Wildman–Crippen MR) is 96.3 cm³/mol. The fourth-order valence-corrected chi connectivity index (χ4v) is 2.10. The summed E-state index contributed by atoms with van der Waals surface area (Å²) in [6.45, 7) is 1.99. The Kier molecular flexibility index (Phi) is 6.59. The smallest absolute Gasteiger partial charge is 0.273 e. The summed E-state index contributed by atoms with van der Waals surface area (Å²) in [6, 6.07) is 9.06. The number of ether oxygens (including phenoxy) is 1. The molecule has 1 amide bonds. The van der Waals surface area contributed by atoms with Crippen molar-refractivity contribution in [2.24, 2.45) is 5.16 Å². The Hall–Kier alpha value is -2.80. The molecule has 0 bridgehead atoms. The molecule has 25 heavy (non-hydrogen) atoms. The lowest BCUT2D eigenvalue weighted by Gasteiger charge is -2.05. The third-order valence-corrected chi connectivity index (χ3v) is 3.53. The zero-order chi connectivity index (χ0) is 18.2. The number of aromatic nitrogens is 2. The summed E-state index contributed by atoms with van der Waals surface area (Å²) in [5, 5.41) is 11.2. The number of benzene rings is 1. The Labute approximate surface area is 150 Å². The van der Waals surface area contributed by atoms with Gasteiger partial charge in [0, 0.05) is 24.3 Å². The van der Waals surface area contributed by atoms with Crippen LogP contribution in [-0.2, 0) is 9.63 Å². The molecule has 7 nitrogen and oxygen atoms in total. The number of oxime groups is 1. The summed E-state index contributed by atoms with van der Waals surface area (Å²) >= 11 is 5.88. The molecule has 0 radical (unpaired) electrons. The van der Waals surface area contributed by atoms with Crippen LogP contribution < -0.4 is 10.1 Å². The molecule has 1 aromatic heterocycles. The molecule has 0 aliphatic rings. The number of carbonyl (C=O) groups excluding carboxylic acids is 1. The molecule has 1 aromatic carbocycles. The van der Waals surface area contributed by atoms with Crippen molar-refractivity contribution in [1.82, 2.24) is 15.1 Å². The first kappa shape index (κ1) is 18.5. The number of nitrogens with zero attached hydrogens (tertiary/aromatic N) is 3. The molecule has 2 rings (SSSR count). The second-order valence-electron chi connectivity index (χ2n) is 4.97. The van der Waals surface area contributed by atoms with Crippen molar-refractivity contribution in [3.8, 4) is 11.6 Å². The number of carbonyl (C=O) groups is 1. The minimum Gasteiger partial charge on any atom is -0.472 e. The summed E-state index contributed by atoms with van der Waals surface area (Å²) in [5.74, 6) is 0.131. The molecule has 0 aliphatic heterocycles. The first-order chi connectivity index (χ1) is 12.0. The van der Waals surface area contributed by atoms with E-state index in [1.807, 2.05) is 12.1 Å². The largest absolute Gasteiger partial charge is 0.472 e. The van der Waals surface area contributed by atoms with Gasteiger partial charge >= 0.3 is 0 Å². The van der Waals surface area contributed by atoms with E-state index in [1.54, 1.807) is 42.1 Å². The third-order valence-electron chi connectivity index (χ3n) is 3.27. The van der Waals surface area contributed by atoms with E-state index in [9.17, 15) is 4.79 Å². The maximum atomic E-state index is 11.7. The summed E-state index contributed by atoms with van der Waals surface area (Å²) in [7, 11) is 2.91. The highest BCUT2D eigenvalue weighted by Crippen LogP contribution is 2.15. The standard InChI is InChI=1S/C17H19ClN4O3/c1-12(16(21-24-3)17(23)19-2)9-11-25-15-8-10-22(20-15)14-6-4-13(18)5-7-14/h4-10H,11H2,1-3H3,(H,19,23). The van der Waals surface area contributed by atoms with Crippen LogP contribution in [0.2, 0.25) is 5.02 Å². The molecule has 132 valence electrons. The van der Waals surface area contributed by atoms with Gasteiger partial charge in [0.25, 0.3) is 5.91 Å². The average molecular weight is 363 g/mol. The highest BCUT2D eigenvalue weighted by atomic mass is 35.5. The molecule has 0 fully saturated rings. The van der Waals surface area contributed by atoms with Gasteiger partial charge in [-0.15, -0.1) is 5.10 Å². The Morgan fingerprint density at radius 1 is 1.36 bits per heavy atom. The van der Waals surface area contributed by atoms with Gasteiger partial charge in [0.1, 0.15) is 13.7 Å². The van der Waals surface area contributed by atoms with Crippen LogP contribution in [0, 0.1) is 0 Å². The summed E-state index contributed by atoms with van der Waals surface area (Å²) in [6.07, 6.45) is 3.52. The van der Waals surface area contributed by atoms with Crippen LogP contribution in [0.4, 0.5) is 0 Å². The van der Waals surface area contributed by atoms with E-state index >= 15 is 0 Å². The quantitative estimate of drug-likeness (QED) is 0.606. The van der Waals surface area contributed by atoms with Crippen molar-refractivity contribution < 1.29 is 14.4 Å². The van der Waals surface area contributed by atoms with Crippen molar-refractivity contribution in [2.45, 2.75) is 6.92 Å². The molecule has 0 aliphatic carbocycles. The van der Waals surface area contributed by atoms with Gasteiger partial charge in [-0.2, -0.15) is 0 Å². The van der Waals surface area contributed by atoms with Crippen LogP contribution in [0.25, 0.3) is 5.69 Å². The van der Waals surface area contributed by atoms with Crippen LogP contribution in [-0.4, -0.2) is 42.2 Å². The van der Waals surface area contributed by atoms with E-state index in [1.165, 1.54) is 14.2 Å². The minimum absolute atomic E-state index is 0.195. The van der Waals surface area contributed by atoms with Gasteiger partial charge in [0.05, 0.1) is 5.69 Å². The Bertz CT molecular complexity index is 781. The second kappa shape index (κ2) is 8.89. The summed E-state index contributed by atoms with van der Waals surface area (Å²) in [5.41, 5.74) is 1.71. The van der Waals surface area contributed by atoms with Gasteiger partial charge in [-0.05, 0) is 42.8 Å². The van der Waals surface area contributed by atoms with Gasteiger partial charge in [-0.1, -0.05) is 16.8 Å². The van der Waals surface area contributed by atoms with E-state index in [2.05, 4.69) is 15.6 Å². The molecule has 0 unspecified atom stereocenters. The highest BCUT2D eigenvalue weighted by Gasteiger charge is 2.12. The van der Waals surface area contributed by atoms with Crippen LogP contribution in [0.3, 0.4) is 0 Å². The molecule has 2 aromatic rings. The van der Waals surface area contributed by atoms with Crippen molar-refractivity contribution in [3.05, 3.63) is 53.2 Å². The van der Waals surface area contributed by atoms with Crippen LogP contribution in [0.15, 0.2) is 53.3 Å². The number of amides is 1. The van der Waals surface area contributed by atoms with E-state index in [0.29, 0.717) is 16.5 Å². The molecule has 1 heterocycles. The van der Waals surface area contributed by atoms with Gasteiger partial charge < -0.3 is 14.9 Å². The highest BCUT2D eigenvalue weighted by molar-refractivity contribution is 6.44. The van der Waals surface area contributed by atoms with Crippen molar-refractivity contribution in [2.75, 3.05) is 20.8 Å². The Morgan fingerprint density at radius 2 is 2.08 bits per heavy atom. The van der Waals surface area contributed by atoms with E-state index < -0.39 is 0 Å². The maximum absolute atomic E-state index is 11.7. The lowest BCUT2D eigenvalue weighted by molar-refractivity contribution is -0.114. The van der Waals surface area contributed by atoms with E-state index in [-0.39, 0.29) is 18.2 Å². The van der Waals surface area contributed by atoms with Gasteiger partial charge in [-0.25, -0.2) is 4.68 Å². The van der Waals surface area contributed by atoms with Gasteiger partial charge in [-0.3, -0.25) is 4.79 Å². The predicted octanol–water partition coefficient (Wildman–Crippen LogP) is 2.60. The molecule has 1 N–H and O–H groups in total. The molecular weight excluding hydrogens is 344 g/mol.